The molecule has 0 unspecified atom stereocenters. The summed E-state index contributed by atoms with van der Waals surface area (Å²) in [5, 5.41) is 0. The number of hydrogen-bond donors (Lipinski definition) is 0. The van der Waals surface area contributed by atoms with Crippen LogP contribution in [-0.2, 0) is 9.53 Å². The van der Waals surface area contributed by atoms with E-state index < -0.39 is 0 Å². The van der Waals surface area contributed by atoms with E-state index >= 15 is 0 Å². The highest BCUT2D eigenvalue weighted by molar-refractivity contribution is 14.1. The lowest BCUT2D eigenvalue weighted by molar-refractivity contribution is -0.128. The second-order valence-electron chi connectivity index (χ2n) is 2.07. The van der Waals surface area contributed by atoms with Gasteiger partial charge < -0.3 is 4.74 Å². The molecule has 0 bridgehead atoms. The van der Waals surface area contributed by atoms with Crippen LogP contribution in [0.4, 0.5) is 0 Å². The summed E-state index contributed by atoms with van der Waals surface area (Å²) in [6, 6.07) is 0. The average Bonchev–Trinajstić information content (AvgIpc) is 1.97. The third-order valence-electron chi connectivity index (χ3n) is 1.21. The van der Waals surface area contributed by atoms with Gasteiger partial charge in [-0.1, -0.05) is 35.4 Å². The Balaban J connectivity index is 2.70. The smallest absolute Gasteiger partial charge is 0.293 e. The fourth-order valence-electron chi connectivity index (χ4n) is 0.682. The normalized spacial score (nSPS) is 9.30. The molecule has 0 aromatic carbocycles. The lowest BCUT2D eigenvalue weighted by atomic mass is 10.2. The summed E-state index contributed by atoms with van der Waals surface area (Å²) in [4.78, 5) is 9.67. The van der Waals surface area contributed by atoms with E-state index in [-0.39, 0.29) is 0 Å². The molecule has 0 aliphatic carbocycles. The van der Waals surface area contributed by atoms with Crippen molar-refractivity contribution in [2.45, 2.75) is 25.7 Å². The van der Waals surface area contributed by atoms with Crippen molar-refractivity contribution < 1.29 is 9.53 Å². The Morgan fingerprint density at radius 2 is 1.90 bits per heavy atom. The molecular formula is C7H13IO2. The Bertz CT molecular complexity index is 76.0. The van der Waals surface area contributed by atoms with Gasteiger partial charge in [0, 0.05) is 0 Å². The van der Waals surface area contributed by atoms with Crippen LogP contribution in [0.5, 0.6) is 0 Å². The maximum atomic E-state index is 9.67. The van der Waals surface area contributed by atoms with Crippen LogP contribution < -0.4 is 0 Å². The number of carbonyl (C=O) groups excluding carboxylic acids is 1. The van der Waals surface area contributed by atoms with Crippen LogP contribution in [0, 0.1) is 0 Å². The Morgan fingerprint density at radius 3 is 2.50 bits per heavy atom. The first-order valence-corrected chi connectivity index (χ1v) is 5.05. The van der Waals surface area contributed by atoms with Gasteiger partial charge in [0.1, 0.15) is 0 Å². The molecule has 0 spiro atoms. The topological polar surface area (TPSA) is 26.3 Å². The number of ether oxygens (including phenoxy) is 1. The van der Waals surface area contributed by atoms with E-state index in [2.05, 4.69) is 27.3 Å². The van der Waals surface area contributed by atoms with Crippen molar-refractivity contribution in [1.82, 2.24) is 0 Å². The second kappa shape index (κ2) is 9.20. The summed E-state index contributed by atoms with van der Waals surface area (Å²) in [5.74, 6) is 0. The first-order chi connectivity index (χ1) is 4.91. The predicted molar refractivity (Wildman–Crippen MR) is 49.4 cm³/mol. The Morgan fingerprint density at radius 1 is 1.20 bits per heavy atom. The number of halogens is 1. The summed E-state index contributed by atoms with van der Waals surface area (Å²) >= 11 is 2.37. The van der Waals surface area contributed by atoms with Crippen molar-refractivity contribution >= 4 is 29.1 Å². The third kappa shape index (κ3) is 8.20. The molecule has 0 fully saturated rings. The van der Waals surface area contributed by atoms with Gasteiger partial charge in [0.15, 0.2) is 0 Å². The maximum absolute atomic E-state index is 9.67. The predicted octanol–water partition coefficient (Wildman–Crippen LogP) is 2.15. The van der Waals surface area contributed by atoms with Crippen molar-refractivity contribution in [1.29, 1.82) is 0 Å². The Labute approximate surface area is 75.5 Å². The highest BCUT2D eigenvalue weighted by Gasteiger charge is 1.87. The van der Waals surface area contributed by atoms with Gasteiger partial charge in [0.05, 0.1) is 6.61 Å². The number of alkyl halides is 1. The molecule has 0 atom stereocenters. The van der Waals surface area contributed by atoms with Gasteiger partial charge in [-0.25, -0.2) is 0 Å². The molecule has 0 saturated heterocycles. The van der Waals surface area contributed by atoms with E-state index in [4.69, 9.17) is 0 Å². The third-order valence-corrected chi connectivity index (χ3v) is 1.98. The van der Waals surface area contributed by atoms with Crippen molar-refractivity contribution in [3.8, 4) is 0 Å². The molecular weight excluding hydrogens is 243 g/mol. The molecule has 0 rings (SSSR count). The summed E-state index contributed by atoms with van der Waals surface area (Å²) in [6.45, 7) is 1.10. The first-order valence-electron chi connectivity index (χ1n) is 3.53. The van der Waals surface area contributed by atoms with Crippen LogP contribution in [0.3, 0.4) is 0 Å². The fraction of sp³-hybridized carbons (Fsp3) is 0.857. The van der Waals surface area contributed by atoms with Gasteiger partial charge in [-0.05, 0) is 17.3 Å². The molecule has 10 heavy (non-hydrogen) atoms. The molecule has 0 aromatic heterocycles. The van der Waals surface area contributed by atoms with Gasteiger partial charge in [-0.15, -0.1) is 0 Å². The SMILES string of the molecule is O=COCCCCCCI. The lowest BCUT2D eigenvalue weighted by Gasteiger charge is -1.97. The molecule has 0 amide bonds. The number of carbonyl (C=O) groups is 1. The van der Waals surface area contributed by atoms with Crippen molar-refractivity contribution in [3.05, 3.63) is 0 Å². The van der Waals surface area contributed by atoms with Crippen LogP contribution >= 0.6 is 22.6 Å². The molecule has 0 N–H and O–H groups in total. The molecule has 0 aliphatic rings. The summed E-state index contributed by atoms with van der Waals surface area (Å²) in [7, 11) is 0. The summed E-state index contributed by atoms with van der Waals surface area (Å²) < 4.78 is 5.76. The number of rotatable bonds is 7. The van der Waals surface area contributed by atoms with Gasteiger partial charge in [-0.2, -0.15) is 0 Å². The van der Waals surface area contributed by atoms with E-state index in [0.29, 0.717) is 13.1 Å². The van der Waals surface area contributed by atoms with E-state index in [1.54, 1.807) is 0 Å². The van der Waals surface area contributed by atoms with E-state index in [9.17, 15) is 4.79 Å². The molecule has 0 saturated carbocycles. The largest absolute Gasteiger partial charge is 0.468 e. The van der Waals surface area contributed by atoms with E-state index in [1.165, 1.54) is 23.7 Å². The molecule has 0 aliphatic heterocycles. The van der Waals surface area contributed by atoms with E-state index in [1.807, 2.05) is 0 Å². The standard InChI is InChI=1S/C7H13IO2/c8-5-3-1-2-4-6-10-7-9/h7H,1-6H2. The van der Waals surface area contributed by atoms with Crippen molar-refractivity contribution in [2.75, 3.05) is 11.0 Å². The minimum absolute atomic E-state index is 0.512. The van der Waals surface area contributed by atoms with Crippen LogP contribution in [-0.4, -0.2) is 17.5 Å². The number of unbranched alkanes of at least 4 members (excludes halogenated alkanes) is 3. The molecule has 3 heteroatoms. The minimum atomic E-state index is 0.512. The van der Waals surface area contributed by atoms with Gasteiger partial charge in [0.2, 0.25) is 0 Å². The van der Waals surface area contributed by atoms with E-state index in [0.717, 1.165) is 6.42 Å². The zero-order valence-electron chi connectivity index (χ0n) is 6.01. The van der Waals surface area contributed by atoms with Crippen LogP contribution in [0.15, 0.2) is 0 Å². The molecule has 0 heterocycles. The zero-order valence-corrected chi connectivity index (χ0v) is 8.17. The van der Waals surface area contributed by atoms with Gasteiger partial charge >= 0.3 is 0 Å². The quantitative estimate of drug-likeness (QED) is 0.302. The fourth-order valence-corrected chi connectivity index (χ4v) is 1.22. The lowest BCUT2D eigenvalue weighted by Crippen LogP contribution is -1.91. The van der Waals surface area contributed by atoms with Gasteiger partial charge in [-0.3, -0.25) is 4.79 Å². The number of hydrogen-bond acceptors (Lipinski definition) is 2. The molecule has 60 valence electrons. The molecule has 0 aromatic rings. The monoisotopic (exact) mass is 256 g/mol. The summed E-state index contributed by atoms with van der Waals surface area (Å²) in [5.41, 5.74) is 0. The zero-order chi connectivity index (χ0) is 7.66. The van der Waals surface area contributed by atoms with Crippen molar-refractivity contribution in [3.63, 3.8) is 0 Å². The molecule has 2 nitrogen and oxygen atoms in total. The van der Waals surface area contributed by atoms with Gasteiger partial charge in [0.25, 0.3) is 6.47 Å². The van der Waals surface area contributed by atoms with Crippen molar-refractivity contribution in [2.24, 2.45) is 0 Å². The summed E-state index contributed by atoms with van der Waals surface area (Å²) in [6.07, 6.45) is 4.72. The highest BCUT2D eigenvalue weighted by atomic mass is 127. The second-order valence-corrected chi connectivity index (χ2v) is 3.15. The van der Waals surface area contributed by atoms with Crippen LogP contribution in [0.25, 0.3) is 0 Å². The Hall–Kier alpha value is 0.200. The first kappa shape index (κ1) is 10.2. The maximum Gasteiger partial charge on any atom is 0.293 e. The molecule has 0 radical (unpaired) electrons. The van der Waals surface area contributed by atoms with Crippen LogP contribution in [0.1, 0.15) is 25.7 Å². The minimum Gasteiger partial charge on any atom is -0.468 e. The van der Waals surface area contributed by atoms with Crippen LogP contribution in [0.2, 0.25) is 0 Å². The average molecular weight is 256 g/mol. The highest BCUT2D eigenvalue weighted by Crippen LogP contribution is 2.01. The Kier molecular flexibility index (Phi) is 9.38.